The zero-order valence-corrected chi connectivity index (χ0v) is 13.9. The Balaban J connectivity index is 1.46. The number of benzene rings is 1. The van der Waals surface area contributed by atoms with E-state index < -0.39 is 5.60 Å². The molecule has 1 amide bonds. The molecule has 0 spiro atoms. The van der Waals surface area contributed by atoms with Crippen LogP contribution < -0.4 is 0 Å². The molecule has 1 fully saturated rings. The summed E-state index contributed by atoms with van der Waals surface area (Å²) in [6.07, 6.45) is 6.99. The fourth-order valence-corrected chi connectivity index (χ4v) is 3.63. The summed E-state index contributed by atoms with van der Waals surface area (Å²) in [5.41, 5.74) is 1.07. The molecule has 3 aromatic rings. The number of fused-ring (bicyclic) bond motifs is 1. The number of aromatic amines is 1. The third-order valence-electron chi connectivity index (χ3n) is 4.85. The van der Waals surface area contributed by atoms with Gasteiger partial charge in [-0.25, -0.2) is 4.68 Å². The van der Waals surface area contributed by atoms with Crippen molar-refractivity contribution in [1.29, 1.82) is 0 Å². The molecule has 7 nitrogen and oxygen atoms in total. The minimum absolute atomic E-state index is 0.0430. The maximum atomic E-state index is 12.8. The van der Waals surface area contributed by atoms with Crippen LogP contribution in [0.4, 0.5) is 0 Å². The molecule has 0 radical (unpaired) electrons. The number of β-amino-alcohol motifs (C(OH)–C–C–N with tert-alkyl or cyclic N) is 1. The molecule has 1 unspecified atom stereocenters. The summed E-state index contributed by atoms with van der Waals surface area (Å²) in [6, 6.07) is 7.97. The quantitative estimate of drug-likeness (QED) is 0.751. The molecule has 1 aliphatic rings. The molecule has 1 aromatic carbocycles. The van der Waals surface area contributed by atoms with Gasteiger partial charge in [0.15, 0.2) is 0 Å². The number of nitrogens with one attached hydrogen (secondary N) is 1. The van der Waals surface area contributed by atoms with Gasteiger partial charge in [-0.05, 0) is 24.5 Å². The maximum absolute atomic E-state index is 12.8. The second-order valence-electron chi connectivity index (χ2n) is 6.78. The lowest BCUT2D eigenvalue weighted by molar-refractivity contribution is -0.138. The fourth-order valence-electron chi connectivity index (χ4n) is 3.63. The minimum Gasteiger partial charge on any atom is -0.386 e. The van der Waals surface area contributed by atoms with E-state index >= 15 is 0 Å². The molecule has 1 aliphatic heterocycles. The van der Waals surface area contributed by atoms with E-state index in [4.69, 9.17) is 0 Å². The van der Waals surface area contributed by atoms with Gasteiger partial charge in [-0.3, -0.25) is 4.79 Å². The summed E-state index contributed by atoms with van der Waals surface area (Å²) in [5, 5.41) is 19.6. The standard InChI is InChI=1S/C18H21N5O2/c24-17(10-14-11-19-16-5-2-1-4-15(14)16)22-8-3-6-18(25,12-22)13-23-9-7-20-21-23/h1-2,4-5,7,9,11,19,25H,3,6,8,10,12-13H2. The highest BCUT2D eigenvalue weighted by atomic mass is 16.3. The summed E-state index contributed by atoms with van der Waals surface area (Å²) >= 11 is 0. The Kier molecular flexibility index (Phi) is 4.01. The zero-order chi connectivity index (χ0) is 17.3. The van der Waals surface area contributed by atoms with Crippen molar-refractivity contribution < 1.29 is 9.90 Å². The molecule has 0 saturated carbocycles. The fraction of sp³-hybridized carbons (Fsp3) is 0.389. The van der Waals surface area contributed by atoms with Crippen LogP contribution in [-0.2, 0) is 17.8 Å². The van der Waals surface area contributed by atoms with Gasteiger partial charge in [0.05, 0.1) is 25.7 Å². The number of carbonyl (C=O) groups is 1. The Hall–Kier alpha value is -2.67. The van der Waals surface area contributed by atoms with E-state index in [1.165, 1.54) is 0 Å². The number of amides is 1. The van der Waals surface area contributed by atoms with Crippen LogP contribution >= 0.6 is 0 Å². The predicted molar refractivity (Wildman–Crippen MR) is 92.8 cm³/mol. The van der Waals surface area contributed by atoms with E-state index in [-0.39, 0.29) is 5.91 Å². The first-order chi connectivity index (χ1) is 12.1. The van der Waals surface area contributed by atoms with Crippen LogP contribution in [-0.4, -0.2) is 54.6 Å². The lowest BCUT2D eigenvalue weighted by Crippen LogP contribution is -2.52. The monoisotopic (exact) mass is 339 g/mol. The normalized spacial score (nSPS) is 20.9. The van der Waals surface area contributed by atoms with Crippen molar-refractivity contribution in [2.75, 3.05) is 13.1 Å². The van der Waals surface area contributed by atoms with Crippen molar-refractivity contribution in [3.8, 4) is 0 Å². The lowest BCUT2D eigenvalue weighted by atomic mass is 9.92. The highest BCUT2D eigenvalue weighted by Gasteiger charge is 2.35. The SMILES string of the molecule is O=C(Cc1c[nH]c2ccccc12)N1CCCC(O)(Cn2ccnn2)C1. The molecular weight excluding hydrogens is 318 g/mol. The minimum atomic E-state index is -0.957. The number of rotatable bonds is 4. The first-order valence-corrected chi connectivity index (χ1v) is 8.52. The average molecular weight is 339 g/mol. The Morgan fingerprint density at radius 1 is 1.36 bits per heavy atom. The molecule has 1 saturated heterocycles. The molecule has 130 valence electrons. The van der Waals surface area contributed by atoms with Crippen LogP contribution in [0.25, 0.3) is 10.9 Å². The summed E-state index contributed by atoms with van der Waals surface area (Å²) in [5.74, 6) is 0.0430. The summed E-state index contributed by atoms with van der Waals surface area (Å²) in [7, 11) is 0. The average Bonchev–Trinajstić information content (AvgIpc) is 3.25. The molecule has 4 rings (SSSR count). The van der Waals surface area contributed by atoms with E-state index in [0.717, 1.165) is 22.9 Å². The number of nitrogens with zero attached hydrogens (tertiary/aromatic N) is 4. The van der Waals surface area contributed by atoms with Gasteiger partial charge < -0.3 is 15.0 Å². The molecule has 2 N–H and O–H groups in total. The Bertz CT molecular complexity index is 873. The van der Waals surface area contributed by atoms with Crippen LogP contribution in [0.2, 0.25) is 0 Å². The molecule has 3 heterocycles. The molecule has 7 heteroatoms. The first kappa shape index (κ1) is 15.8. The highest BCUT2D eigenvalue weighted by molar-refractivity contribution is 5.88. The predicted octanol–water partition coefficient (Wildman–Crippen LogP) is 1.36. The van der Waals surface area contributed by atoms with Gasteiger partial charge in [0.25, 0.3) is 0 Å². The van der Waals surface area contributed by atoms with Crippen molar-refractivity contribution in [3.05, 3.63) is 48.4 Å². The summed E-state index contributed by atoms with van der Waals surface area (Å²) in [6.45, 7) is 1.36. The van der Waals surface area contributed by atoms with Gasteiger partial charge in [0, 0.05) is 29.8 Å². The molecule has 0 bridgehead atoms. The third kappa shape index (κ3) is 3.28. The zero-order valence-electron chi connectivity index (χ0n) is 13.9. The van der Waals surface area contributed by atoms with Crippen molar-refractivity contribution >= 4 is 16.8 Å². The number of hydrogen-bond acceptors (Lipinski definition) is 4. The Labute approximate surface area is 145 Å². The summed E-state index contributed by atoms with van der Waals surface area (Å²) in [4.78, 5) is 17.7. The van der Waals surface area contributed by atoms with Crippen LogP contribution in [0.15, 0.2) is 42.9 Å². The van der Waals surface area contributed by atoms with Gasteiger partial charge in [-0.2, -0.15) is 0 Å². The molecule has 2 aromatic heterocycles. The second-order valence-corrected chi connectivity index (χ2v) is 6.78. The Morgan fingerprint density at radius 2 is 2.24 bits per heavy atom. The summed E-state index contributed by atoms with van der Waals surface area (Å²) < 4.78 is 1.62. The van der Waals surface area contributed by atoms with E-state index in [0.29, 0.717) is 32.5 Å². The van der Waals surface area contributed by atoms with Crippen LogP contribution in [0.3, 0.4) is 0 Å². The number of aliphatic hydroxyl groups is 1. The van der Waals surface area contributed by atoms with E-state index in [1.807, 2.05) is 30.5 Å². The van der Waals surface area contributed by atoms with Crippen molar-refractivity contribution in [2.45, 2.75) is 31.4 Å². The number of hydrogen-bond donors (Lipinski definition) is 2. The number of piperidine rings is 1. The smallest absolute Gasteiger partial charge is 0.227 e. The molecular formula is C18H21N5O2. The van der Waals surface area contributed by atoms with Gasteiger partial charge in [-0.15, -0.1) is 5.10 Å². The molecule has 0 aliphatic carbocycles. The van der Waals surface area contributed by atoms with Gasteiger partial charge in [0.1, 0.15) is 5.60 Å². The van der Waals surface area contributed by atoms with Crippen molar-refractivity contribution in [1.82, 2.24) is 24.9 Å². The van der Waals surface area contributed by atoms with Crippen LogP contribution in [0.5, 0.6) is 0 Å². The third-order valence-corrected chi connectivity index (χ3v) is 4.85. The lowest BCUT2D eigenvalue weighted by Gasteiger charge is -2.39. The van der Waals surface area contributed by atoms with Crippen LogP contribution in [0, 0.1) is 0 Å². The van der Waals surface area contributed by atoms with Gasteiger partial charge in [0.2, 0.25) is 5.91 Å². The van der Waals surface area contributed by atoms with E-state index in [1.54, 1.807) is 22.0 Å². The number of para-hydroxylation sites is 1. The van der Waals surface area contributed by atoms with Crippen LogP contribution in [0.1, 0.15) is 18.4 Å². The maximum Gasteiger partial charge on any atom is 0.227 e. The van der Waals surface area contributed by atoms with Gasteiger partial charge in [-0.1, -0.05) is 23.4 Å². The molecule has 25 heavy (non-hydrogen) atoms. The first-order valence-electron chi connectivity index (χ1n) is 8.52. The van der Waals surface area contributed by atoms with E-state index in [2.05, 4.69) is 15.3 Å². The highest BCUT2D eigenvalue weighted by Crippen LogP contribution is 2.24. The number of aromatic nitrogens is 4. The molecule has 1 atom stereocenters. The topological polar surface area (TPSA) is 87.0 Å². The second kappa shape index (κ2) is 6.33. The number of likely N-dealkylation sites (tertiary alicyclic amines) is 1. The van der Waals surface area contributed by atoms with Crippen molar-refractivity contribution in [2.24, 2.45) is 0 Å². The van der Waals surface area contributed by atoms with E-state index in [9.17, 15) is 9.90 Å². The number of carbonyl (C=O) groups excluding carboxylic acids is 1. The largest absolute Gasteiger partial charge is 0.386 e. The Morgan fingerprint density at radius 3 is 3.08 bits per heavy atom. The van der Waals surface area contributed by atoms with Crippen molar-refractivity contribution in [3.63, 3.8) is 0 Å². The van der Waals surface area contributed by atoms with Gasteiger partial charge >= 0.3 is 0 Å². The number of H-pyrrole nitrogens is 1.